The summed E-state index contributed by atoms with van der Waals surface area (Å²) in [7, 11) is 0. The summed E-state index contributed by atoms with van der Waals surface area (Å²) in [4.78, 5) is 13.6. The summed E-state index contributed by atoms with van der Waals surface area (Å²) in [6.07, 6.45) is 0. The highest BCUT2D eigenvalue weighted by atomic mass is 19.1. The molecule has 2 aromatic rings. The third-order valence-electron chi connectivity index (χ3n) is 2.86. The van der Waals surface area contributed by atoms with Crippen LogP contribution in [0.5, 0.6) is 0 Å². The first kappa shape index (κ1) is 14.1. The summed E-state index contributed by atoms with van der Waals surface area (Å²) in [6, 6.07) is 8.06. The molecule has 0 radical (unpaired) electrons. The van der Waals surface area contributed by atoms with Gasteiger partial charge in [0, 0.05) is 18.3 Å². The van der Waals surface area contributed by atoms with Crippen LogP contribution in [0.2, 0.25) is 0 Å². The highest BCUT2D eigenvalue weighted by Gasteiger charge is 2.19. The van der Waals surface area contributed by atoms with E-state index >= 15 is 0 Å². The molecule has 0 unspecified atom stereocenters. The molecule has 0 saturated carbocycles. The maximum absolute atomic E-state index is 13.6. The van der Waals surface area contributed by atoms with Crippen molar-refractivity contribution in [3.05, 3.63) is 65.5 Å². The molecule has 0 fully saturated rings. The summed E-state index contributed by atoms with van der Waals surface area (Å²) in [5.74, 6) is -2.69. The topological polar surface area (TPSA) is 20.3 Å². The van der Waals surface area contributed by atoms with Crippen LogP contribution in [0.3, 0.4) is 0 Å². The Labute approximate surface area is 114 Å². The molecule has 0 N–H and O–H groups in total. The summed E-state index contributed by atoms with van der Waals surface area (Å²) >= 11 is 0. The second kappa shape index (κ2) is 5.77. The van der Waals surface area contributed by atoms with Crippen LogP contribution in [0.1, 0.15) is 17.3 Å². The van der Waals surface area contributed by atoms with E-state index in [-0.39, 0.29) is 12.1 Å². The Morgan fingerprint density at radius 2 is 1.60 bits per heavy atom. The molecule has 0 saturated heterocycles. The lowest BCUT2D eigenvalue weighted by atomic mass is 10.1. The highest BCUT2D eigenvalue weighted by molar-refractivity contribution is 6.06. The Morgan fingerprint density at radius 3 is 2.15 bits per heavy atom. The molecule has 5 heteroatoms. The number of hydrogen-bond acceptors (Lipinski definition) is 1. The van der Waals surface area contributed by atoms with Crippen LogP contribution in [0.4, 0.5) is 18.9 Å². The van der Waals surface area contributed by atoms with Gasteiger partial charge in [0.1, 0.15) is 17.5 Å². The van der Waals surface area contributed by atoms with E-state index in [1.165, 1.54) is 29.2 Å². The van der Waals surface area contributed by atoms with Crippen molar-refractivity contribution < 1.29 is 18.0 Å². The first-order valence-corrected chi connectivity index (χ1v) is 6.05. The van der Waals surface area contributed by atoms with Gasteiger partial charge in [0.15, 0.2) is 0 Å². The number of halogens is 3. The summed E-state index contributed by atoms with van der Waals surface area (Å²) in [5, 5.41) is 0. The molecule has 104 valence electrons. The van der Waals surface area contributed by atoms with Crippen LogP contribution in [0.25, 0.3) is 0 Å². The highest BCUT2D eigenvalue weighted by Crippen LogP contribution is 2.19. The van der Waals surface area contributed by atoms with E-state index < -0.39 is 23.4 Å². The number of anilines is 1. The number of carbonyl (C=O) groups excluding carboxylic acids is 1. The van der Waals surface area contributed by atoms with E-state index in [1.54, 1.807) is 6.92 Å². The molecule has 0 heterocycles. The lowest BCUT2D eigenvalue weighted by Crippen LogP contribution is -2.31. The van der Waals surface area contributed by atoms with Crippen molar-refractivity contribution in [3.8, 4) is 0 Å². The Balaban J connectivity index is 2.36. The SMILES string of the molecule is CCN(C(=O)c1ccc(F)cc1F)c1ccc(F)cc1. The van der Waals surface area contributed by atoms with Gasteiger partial charge in [-0.1, -0.05) is 0 Å². The minimum atomic E-state index is -0.921. The standard InChI is InChI=1S/C15H12F3NO/c1-2-19(12-6-3-10(16)4-7-12)15(20)13-8-5-11(17)9-14(13)18/h3-9H,2H2,1H3. The molecule has 2 aromatic carbocycles. The van der Waals surface area contributed by atoms with Crippen molar-refractivity contribution in [3.63, 3.8) is 0 Å². The van der Waals surface area contributed by atoms with Crippen molar-refractivity contribution in [1.82, 2.24) is 0 Å². The normalized spacial score (nSPS) is 10.4. The molecule has 0 spiro atoms. The van der Waals surface area contributed by atoms with Gasteiger partial charge in [-0.15, -0.1) is 0 Å². The molecule has 2 rings (SSSR count). The van der Waals surface area contributed by atoms with Crippen LogP contribution >= 0.6 is 0 Å². The van der Waals surface area contributed by atoms with Crippen LogP contribution in [0.15, 0.2) is 42.5 Å². The molecule has 0 aliphatic rings. The fraction of sp³-hybridized carbons (Fsp3) is 0.133. The minimum Gasteiger partial charge on any atom is -0.309 e. The Morgan fingerprint density at radius 1 is 1.00 bits per heavy atom. The molecule has 0 aromatic heterocycles. The Hall–Kier alpha value is -2.30. The van der Waals surface area contributed by atoms with E-state index in [0.29, 0.717) is 11.8 Å². The van der Waals surface area contributed by atoms with Crippen molar-refractivity contribution in [2.45, 2.75) is 6.92 Å². The zero-order valence-electron chi connectivity index (χ0n) is 10.7. The average Bonchev–Trinajstić information content (AvgIpc) is 2.41. The average molecular weight is 279 g/mol. The van der Waals surface area contributed by atoms with Gasteiger partial charge in [0.25, 0.3) is 5.91 Å². The molecule has 2 nitrogen and oxygen atoms in total. The first-order valence-electron chi connectivity index (χ1n) is 6.05. The van der Waals surface area contributed by atoms with Gasteiger partial charge in [-0.05, 0) is 43.3 Å². The number of amides is 1. The van der Waals surface area contributed by atoms with Crippen LogP contribution in [-0.2, 0) is 0 Å². The van der Waals surface area contributed by atoms with Gasteiger partial charge in [-0.3, -0.25) is 4.79 Å². The van der Waals surface area contributed by atoms with Crippen molar-refractivity contribution in [1.29, 1.82) is 0 Å². The van der Waals surface area contributed by atoms with Crippen LogP contribution < -0.4 is 4.90 Å². The molecule has 1 amide bonds. The number of nitrogens with zero attached hydrogens (tertiary/aromatic N) is 1. The lowest BCUT2D eigenvalue weighted by molar-refractivity contribution is 0.0984. The smallest absolute Gasteiger partial charge is 0.261 e. The molecule has 0 bridgehead atoms. The largest absolute Gasteiger partial charge is 0.309 e. The number of benzene rings is 2. The predicted molar refractivity (Wildman–Crippen MR) is 70.1 cm³/mol. The molecule has 0 atom stereocenters. The number of rotatable bonds is 3. The van der Waals surface area contributed by atoms with Crippen molar-refractivity contribution in [2.24, 2.45) is 0 Å². The van der Waals surface area contributed by atoms with Crippen molar-refractivity contribution >= 4 is 11.6 Å². The summed E-state index contributed by atoms with van der Waals surface area (Å²) in [6.45, 7) is 1.99. The first-order chi connectivity index (χ1) is 9.52. The molecule has 0 aliphatic carbocycles. The van der Waals surface area contributed by atoms with E-state index in [2.05, 4.69) is 0 Å². The molecular formula is C15H12F3NO. The number of hydrogen-bond donors (Lipinski definition) is 0. The zero-order chi connectivity index (χ0) is 14.7. The van der Waals surface area contributed by atoms with E-state index in [4.69, 9.17) is 0 Å². The third kappa shape index (κ3) is 2.82. The fourth-order valence-electron chi connectivity index (χ4n) is 1.87. The minimum absolute atomic E-state index is 0.224. The molecule has 0 aliphatic heterocycles. The maximum atomic E-state index is 13.6. The Kier molecular flexibility index (Phi) is 4.08. The van der Waals surface area contributed by atoms with E-state index in [1.807, 2.05) is 0 Å². The third-order valence-corrected chi connectivity index (χ3v) is 2.86. The molecular weight excluding hydrogens is 267 g/mol. The second-order valence-electron chi connectivity index (χ2n) is 4.15. The van der Waals surface area contributed by atoms with E-state index in [9.17, 15) is 18.0 Å². The van der Waals surface area contributed by atoms with E-state index in [0.717, 1.165) is 12.1 Å². The lowest BCUT2D eigenvalue weighted by Gasteiger charge is -2.21. The van der Waals surface area contributed by atoms with Gasteiger partial charge in [-0.2, -0.15) is 0 Å². The van der Waals surface area contributed by atoms with Gasteiger partial charge in [-0.25, -0.2) is 13.2 Å². The summed E-state index contributed by atoms with van der Waals surface area (Å²) in [5.41, 5.74) is 0.222. The number of carbonyl (C=O) groups is 1. The fourth-order valence-corrected chi connectivity index (χ4v) is 1.87. The quantitative estimate of drug-likeness (QED) is 0.837. The monoisotopic (exact) mass is 279 g/mol. The molecule has 20 heavy (non-hydrogen) atoms. The van der Waals surface area contributed by atoms with Gasteiger partial charge in [0.2, 0.25) is 0 Å². The van der Waals surface area contributed by atoms with Gasteiger partial charge in [0.05, 0.1) is 5.56 Å². The van der Waals surface area contributed by atoms with Crippen LogP contribution in [-0.4, -0.2) is 12.5 Å². The maximum Gasteiger partial charge on any atom is 0.261 e. The van der Waals surface area contributed by atoms with Crippen LogP contribution in [0, 0.1) is 17.5 Å². The summed E-state index contributed by atoms with van der Waals surface area (Å²) < 4.78 is 39.4. The predicted octanol–water partition coefficient (Wildman–Crippen LogP) is 3.77. The zero-order valence-corrected chi connectivity index (χ0v) is 10.7. The van der Waals surface area contributed by atoms with Gasteiger partial charge < -0.3 is 4.90 Å². The second-order valence-corrected chi connectivity index (χ2v) is 4.15. The Bertz CT molecular complexity index is 626. The van der Waals surface area contributed by atoms with Crippen molar-refractivity contribution in [2.75, 3.05) is 11.4 Å². The van der Waals surface area contributed by atoms with Gasteiger partial charge >= 0.3 is 0 Å².